The number of aromatic nitrogens is 3. The maximum Gasteiger partial charge on any atom is 0.159 e. The van der Waals surface area contributed by atoms with Gasteiger partial charge in [-0.05, 0) is 81.4 Å². The topological polar surface area (TPSA) is 30.7 Å². The summed E-state index contributed by atoms with van der Waals surface area (Å²) in [5.74, 6) is 0.728. The zero-order valence-electron chi connectivity index (χ0n) is 25.8. The van der Waals surface area contributed by atoms with Crippen molar-refractivity contribution in [1.29, 1.82) is 0 Å². The predicted octanol–water partition coefficient (Wildman–Crippen LogP) is 10.9. The third kappa shape index (κ3) is 3.92. The average Bonchev–Trinajstić information content (AvgIpc) is 3.57. The largest absolute Gasteiger partial charge is 0.309 e. The van der Waals surface area contributed by atoms with E-state index in [2.05, 4.69) is 162 Å². The Kier molecular flexibility index (Phi) is 5.85. The van der Waals surface area contributed by atoms with Gasteiger partial charge >= 0.3 is 0 Å². The Morgan fingerprint density at radius 2 is 1.11 bits per heavy atom. The third-order valence-electron chi connectivity index (χ3n) is 9.76. The Labute approximate surface area is 268 Å². The number of hydrogen-bond donors (Lipinski definition) is 0. The first-order valence-corrected chi connectivity index (χ1v) is 15.8. The standard InChI is InChI=1S/C43H31N3/c1-43(2)38-17-7-5-13-33(38)34-24-21-29(27-39(34)43)31-11-3-4-12-32(31)36-15-9-16-37-35-14-6-8-18-40(35)46(41(36)37)30-22-19-28(20-23-30)42-44-25-10-26-45-42/h3-27H,1-2H3. The van der Waals surface area contributed by atoms with Crippen LogP contribution in [0.15, 0.2) is 152 Å². The molecule has 9 rings (SSSR count). The molecule has 6 aromatic carbocycles. The normalized spacial score (nSPS) is 13.2. The van der Waals surface area contributed by atoms with Gasteiger partial charge in [-0.2, -0.15) is 0 Å². The highest BCUT2D eigenvalue weighted by atomic mass is 15.0. The maximum absolute atomic E-state index is 4.46. The summed E-state index contributed by atoms with van der Waals surface area (Å²) in [4.78, 5) is 8.92. The van der Waals surface area contributed by atoms with E-state index in [-0.39, 0.29) is 5.41 Å². The molecule has 0 saturated heterocycles. The Balaban J connectivity index is 1.25. The summed E-state index contributed by atoms with van der Waals surface area (Å²) >= 11 is 0. The predicted molar refractivity (Wildman–Crippen MR) is 190 cm³/mol. The number of benzene rings is 6. The summed E-state index contributed by atoms with van der Waals surface area (Å²) in [7, 11) is 0. The number of para-hydroxylation sites is 2. The molecular formula is C43H31N3. The minimum Gasteiger partial charge on any atom is -0.309 e. The minimum absolute atomic E-state index is 0.0553. The molecule has 0 atom stereocenters. The van der Waals surface area contributed by atoms with Crippen molar-refractivity contribution < 1.29 is 0 Å². The van der Waals surface area contributed by atoms with Crippen molar-refractivity contribution >= 4 is 21.8 Å². The van der Waals surface area contributed by atoms with Gasteiger partial charge in [-0.3, -0.25) is 0 Å². The lowest BCUT2D eigenvalue weighted by Crippen LogP contribution is -2.14. The lowest BCUT2D eigenvalue weighted by molar-refractivity contribution is 0.660. The maximum atomic E-state index is 4.46. The second kappa shape index (κ2) is 10.1. The Hall–Kier alpha value is -5.80. The van der Waals surface area contributed by atoms with Crippen LogP contribution in [0.25, 0.3) is 72.3 Å². The SMILES string of the molecule is CC1(C)c2ccccc2-c2ccc(-c3ccccc3-c3cccc4c5ccccc5n(-c5ccc(-c6ncccn6)cc5)c34)cc21. The zero-order valence-corrected chi connectivity index (χ0v) is 25.8. The van der Waals surface area contributed by atoms with Gasteiger partial charge < -0.3 is 4.57 Å². The fourth-order valence-electron chi connectivity index (χ4n) is 7.55. The van der Waals surface area contributed by atoms with Crippen molar-refractivity contribution in [3.05, 3.63) is 163 Å². The van der Waals surface area contributed by atoms with E-state index >= 15 is 0 Å². The van der Waals surface area contributed by atoms with Crippen LogP contribution in [0, 0.1) is 0 Å². The molecule has 0 fully saturated rings. The van der Waals surface area contributed by atoms with Crippen molar-refractivity contribution in [1.82, 2.24) is 14.5 Å². The quantitative estimate of drug-likeness (QED) is 0.204. The van der Waals surface area contributed by atoms with Gasteiger partial charge in [-0.25, -0.2) is 9.97 Å². The van der Waals surface area contributed by atoms with Crippen LogP contribution >= 0.6 is 0 Å². The van der Waals surface area contributed by atoms with E-state index in [1.165, 1.54) is 66.3 Å². The first-order chi connectivity index (χ1) is 22.6. The van der Waals surface area contributed by atoms with Crippen LogP contribution in [0.4, 0.5) is 0 Å². The lowest BCUT2D eigenvalue weighted by Gasteiger charge is -2.22. The van der Waals surface area contributed by atoms with Gasteiger partial charge in [-0.1, -0.05) is 111 Å². The zero-order chi connectivity index (χ0) is 30.8. The first kappa shape index (κ1) is 26.6. The highest BCUT2D eigenvalue weighted by Gasteiger charge is 2.35. The van der Waals surface area contributed by atoms with E-state index < -0.39 is 0 Å². The number of rotatable bonds is 4. The lowest BCUT2D eigenvalue weighted by atomic mass is 9.81. The monoisotopic (exact) mass is 589 g/mol. The van der Waals surface area contributed by atoms with Crippen molar-refractivity contribution in [2.75, 3.05) is 0 Å². The van der Waals surface area contributed by atoms with Gasteiger partial charge in [0.25, 0.3) is 0 Å². The van der Waals surface area contributed by atoms with E-state index in [4.69, 9.17) is 0 Å². The molecule has 2 aromatic heterocycles. The van der Waals surface area contributed by atoms with E-state index in [9.17, 15) is 0 Å². The molecule has 0 spiro atoms. The molecule has 3 heteroatoms. The summed E-state index contributed by atoms with van der Waals surface area (Å²) < 4.78 is 2.41. The second-order valence-electron chi connectivity index (χ2n) is 12.7. The summed E-state index contributed by atoms with van der Waals surface area (Å²) in [5, 5.41) is 2.48. The van der Waals surface area contributed by atoms with Gasteiger partial charge in [0.15, 0.2) is 5.82 Å². The highest BCUT2D eigenvalue weighted by Crippen LogP contribution is 2.50. The molecule has 218 valence electrons. The molecule has 0 bridgehead atoms. The smallest absolute Gasteiger partial charge is 0.159 e. The molecule has 0 amide bonds. The summed E-state index contributed by atoms with van der Waals surface area (Å²) in [5.41, 5.74) is 14.8. The molecule has 1 aliphatic carbocycles. The van der Waals surface area contributed by atoms with Crippen LogP contribution in [0.5, 0.6) is 0 Å². The first-order valence-electron chi connectivity index (χ1n) is 15.8. The highest BCUT2D eigenvalue weighted by molar-refractivity contribution is 6.14. The van der Waals surface area contributed by atoms with Crippen LogP contribution in [0.3, 0.4) is 0 Å². The summed E-state index contributed by atoms with van der Waals surface area (Å²) in [6, 6.07) is 50.6. The van der Waals surface area contributed by atoms with Gasteiger partial charge in [0.05, 0.1) is 11.0 Å². The van der Waals surface area contributed by atoms with Gasteiger partial charge in [0.2, 0.25) is 0 Å². The van der Waals surface area contributed by atoms with Crippen LogP contribution < -0.4 is 0 Å². The van der Waals surface area contributed by atoms with E-state index in [1.54, 1.807) is 12.4 Å². The van der Waals surface area contributed by atoms with Crippen molar-refractivity contribution in [3.63, 3.8) is 0 Å². The van der Waals surface area contributed by atoms with E-state index in [0.29, 0.717) is 0 Å². The molecule has 0 radical (unpaired) electrons. The molecule has 3 nitrogen and oxygen atoms in total. The number of hydrogen-bond acceptors (Lipinski definition) is 2. The Morgan fingerprint density at radius 3 is 1.93 bits per heavy atom. The van der Waals surface area contributed by atoms with Gasteiger partial charge in [0.1, 0.15) is 0 Å². The van der Waals surface area contributed by atoms with Crippen molar-refractivity contribution in [3.8, 4) is 50.5 Å². The molecule has 1 aliphatic rings. The number of fused-ring (bicyclic) bond motifs is 6. The molecule has 0 unspecified atom stereocenters. The molecule has 0 saturated carbocycles. The second-order valence-corrected chi connectivity index (χ2v) is 12.7. The fraction of sp³-hybridized carbons (Fsp3) is 0.0698. The van der Waals surface area contributed by atoms with Crippen molar-refractivity contribution in [2.24, 2.45) is 0 Å². The van der Waals surface area contributed by atoms with Crippen molar-refractivity contribution in [2.45, 2.75) is 19.3 Å². The molecule has 2 heterocycles. The average molecular weight is 590 g/mol. The third-order valence-corrected chi connectivity index (χ3v) is 9.76. The molecule has 8 aromatic rings. The van der Waals surface area contributed by atoms with Crippen LogP contribution in [-0.4, -0.2) is 14.5 Å². The van der Waals surface area contributed by atoms with E-state index in [0.717, 1.165) is 17.1 Å². The minimum atomic E-state index is -0.0553. The van der Waals surface area contributed by atoms with Crippen LogP contribution in [0.1, 0.15) is 25.0 Å². The van der Waals surface area contributed by atoms with Crippen LogP contribution in [-0.2, 0) is 5.41 Å². The summed E-state index contributed by atoms with van der Waals surface area (Å²) in [6.45, 7) is 4.70. The molecule has 0 aliphatic heterocycles. The van der Waals surface area contributed by atoms with Gasteiger partial charge in [-0.15, -0.1) is 0 Å². The fourth-order valence-corrected chi connectivity index (χ4v) is 7.55. The summed E-state index contributed by atoms with van der Waals surface area (Å²) in [6.07, 6.45) is 3.57. The van der Waals surface area contributed by atoms with Gasteiger partial charge in [0, 0.05) is 45.4 Å². The molecular weight excluding hydrogens is 558 g/mol. The molecule has 46 heavy (non-hydrogen) atoms. The molecule has 0 N–H and O–H groups in total. The van der Waals surface area contributed by atoms with E-state index in [1.807, 2.05) is 6.07 Å². The Bertz CT molecular complexity index is 2430. The Morgan fingerprint density at radius 1 is 0.478 bits per heavy atom. The number of nitrogens with zero attached hydrogens (tertiary/aromatic N) is 3. The van der Waals surface area contributed by atoms with Crippen LogP contribution in [0.2, 0.25) is 0 Å².